The molecule has 0 saturated carbocycles. The van der Waals surface area contributed by atoms with Gasteiger partial charge in [0.05, 0.1) is 24.6 Å². The molecule has 0 fully saturated rings. The van der Waals surface area contributed by atoms with E-state index in [4.69, 9.17) is 0 Å². The van der Waals surface area contributed by atoms with Crippen LogP contribution in [0.5, 0.6) is 0 Å². The number of methoxy groups -OCH3 is 1. The monoisotopic (exact) mass is 458 g/mol. The van der Waals surface area contributed by atoms with Gasteiger partial charge in [0.15, 0.2) is 8.68 Å². The molecule has 0 bridgehead atoms. The van der Waals surface area contributed by atoms with Crippen molar-refractivity contribution in [2.24, 2.45) is 5.10 Å². The predicted octanol–water partition coefficient (Wildman–Crippen LogP) is 3.86. The van der Waals surface area contributed by atoms with Crippen molar-refractivity contribution < 1.29 is 14.3 Å². The Morgan fingerprint density at radius 2 is 1.77 bits per heavy atom. The Morgan fingerprint density at radius 1 is 1.07 bits per heavy atom. The van der Waals surface area contributed by atoms with Crippen LogP contribution in [0.4, 0.5) is 0 Å². The zero-order chi connectivity index (χ0) is 21.2. The van der Waals surface area contributed by atoms with Crippen molar-refractivity contribution in [3.8, 4) is 0 Å². The number of nitrogens with zero attached hydrogens (tertiary/aromatic N) is 3. The molecule has 1 aromatic heterocycles. The van der Waals surface area contributed by atoms with Gasteiger partial charge >= 0.3 is 5.97 Å². The number of carbonyl (C=O) groups is 2. The van der Waals surface area contributed by atoms with E-state index in [1.165, 1.54) is 42.0 Å². The molecule has 154 valence electrons. The molecule has 2 aromatic carbocycles. The van der Waals surface area contributed by atoms with Crippen LogP contribution in [0.3, 0.4) is 0 Å². The fourth-order valence-electron chi connectivity index (χ4n) is 2.19. The molecule has 0 radical (unpaired) electrons. The van der Waals surface area contributed by atoms with Crippen molar-refractivity contribution in [2.45, 2.75) is 14.4 Å². The van der Waals surface area contributed by atoms with Crippen LogP contribution < -0.4 is 5.43 Å². The second-order valence-corrected chi connectivity index (χ2v) is 9.23. The summed E-state index contributed by atoms with van der Waals surface area (Å²) in [6.07, 6.45) is 1.51. The summed E-state index contributed by atoms with van der Waals surface area (Å²) < 4.78 is 6.25. The van der Waals surface area contributed by atoms with E-state index in [1.54, 1.807) is 36.0 Å². The first-order valence-corrected chi connectivity index (χ1v) is 11.6. The maximum Gasteiger partial charge on any atom is 0.337 e. The summed E-state index contributed by atoms with van der Waals surface area (Å²) >= 11 is 4.41. The lowest BCUT2D eigenvalue weighted by Gasteiger charge is -2.00. The Bertz CT molecular complexity index is 1010. The van der Waals surface area contributed by atoms with Crippen molar-refractivity contribution in [1.29, 1.82) is 0 Å². The first kappa shape index (κ1) is 22.0. The lowest BCUT2D eigenvalue weighted by atomic mass is 10.1. The highest BCUT2D eigenvalue weighted by atomic mass is 32.2. The van der Waals surface area contributed by atoms with Gasteiger partial charge in [0.1, 0.15) is 0 Å². The normalized spacial score (nSPS) is 10.8. The van der Waals surface area contributed by atoms with E-state index in [9.17, 15) is 9.59 Å². The molecule has 0 aliphatic heterocycles. The largest absolute Gasteiger partial charge is 0.465 e. The molecular formula is C20H18N4O3S3. The van der Waals surface area contributed by atoms with Gasteiger partial charge in [-0.05, 0) is 23.3 Å². The Kier molecular flexibility index (Phi) is 8.42. The van der Waals surface area contributed by atoms with E-state index in [1.807, 2.05) is 18.2 Å². The second kappa shape index (κ2) is 11.5. The summed E-state index contributed by atoms with van der Waals surface area (Å²) in [5.74, 6) is 0.380. The maximum atomic E-state index is 12.0. The molecular weight excluding hydrogens is 440 g/mol. The second-order valence-electron chi connectivity index (χ2n) is 5.80. The number of esters is 1. The molecule has 3 aromatic rings. The van der Waals surface area contributed by atoms with E-state index in [0.717, 1.165) is 20.0 Å². The van der Waals surface area contributed by atoms with Gasteiger partial charge < -0.3 is 4.74 Å². The molecule has 10 heteroatoms. The topological polar surface area (TPSA) is 93.5 Å². The summed E-state index contributed by atoms with van der Waals surface area (Å²) in [5.41, 5.74) is 4.90. The standard InChI is InChI=1S/C20H18N4O3S3/c1-27-18(26)16-9-7-14(8-10-16)11-21-22-17(25)13-29-20-24-23-19(30-20)28-12-15-5-3-2-4-6-15/h2-11H,12-13H2,1H3,(H,22,25)/b21-11-. The first-order valence-electron chi connectivity index (χ1n) is 8.77. The van der Waals surface area contributed by atoms with Crippen LogP contribution in [-0.4, -0.2) is 41.2 Å². The van der Waals surface area contributed by atoms with Gasteiger partial charge in [0.2, 0.25) is 0 Å². The molecule has 0 atom stereocenters. The summed E-state index contributed by atoms with van der Waals surface area (Å²) in [7, 11) is 1.33. The van der Waals surface area contributed by atoms with Crippen molar-refractivity contribution >= 4 is 53.0 Å². The molecule has 1 amide bonds. The van der Waals surface area contributed by atoms with Gasteiger partial charge in [-0.1, -0.05) is 77.3 Å². The van der Waals surface area contributed by atoms with Crippen LogP contribution in [-0.2, 0) is 15.3 Å². The van der Waals surface area contributed by atoms with Gasteiger partial charge in [-0.15, -0.1) is 10.2 Å². The molecule has 0 aliphatic rings. The van der Waals surface area contributed by atoms with Crippen LogP contribution >= 0.6 is 34.9 Å². The van der Waals surface area contributed by atoms with Crippen LogP contribution in [0.1, 0.15) is 21.5 Å². The molecule has 0 saturated heterocycles. The number of thioether (sulfide) groups is 2. The number of hydrazone groups is 1. The number of hydrogen-bond acceptors (Lipinski definition) is 9. The van der Waals surface area contributed by atoms with Crippen LogP contribution in [0, 0.1) is 0 Å². The van der Waals surface area contributed by atoms with Crippen molar-refractivity contribution in [1.82, 2.24) is 15.6 Å². The molecule has 30 heavy (non-hydrogen) atoms. The van der Waals surface area contributed by atoms with Crippen molar-refractivity contribution in [3.63, 3.8) is 0 Å². The number of amides is 1. The fraction of sp³-hybridized carbons (Fsp3) is 0.150. The van der Waals surface area contributed by atoms with E-state index >= 15 is 0 Å². The SMILES string of the molecule is COC(=O)c1ccc(/C=N\NC(=O)CSc2nnc(SCc3ccccc3)s2)cc1. The highest BCUT2D eigenvalue weighted by Crippen LogP contribution is 2.30. The summed E-state index contributed by atoms with van der Waals surface area (Å²) in [6.45, 7) is 0. The third kappa shape index (κ3) is 6.97. The number of carbonyl (C=O) groups excluding carboxylic acids is 2. The Labute approximate surface area is 186 Å². The van der Waals surface area contributed by atoms with E-state index in [-0.39, 0.29) is 11.7 Å². The highest BCUT2D eigenvalue weighted by molar-refractivity contribution is 8.03. The van der Waals surface area contributed by atoms with Gasteiger partial charge in [-0.25, -0.2) is 10.2 Å². The highest BCUT2D eigenvalue weighted by Gasteiger charge is 2.09. The van der Waals surface area contributed by atoms with Gasteiger partial charge in [0.25, 0.3) is 5.91 Å². The molecule has 0 spiro atoms. The zero-order valence-corrected chi connectivity index (χ0v) is 18.4. The smallest absolute Gasteiger partial charge is 0.337 e. The van der Waals surface area contributed by atoms with Crippen LogP contribution in [0.15, 0.2) is 68.4 Å². The van der Waals surface area contributed by atoms with Gasteiger partial charge in [0, 0.05) is 5.75 Å². The quantitative estimate of drug-likeness (QED) is 0.225. The van der Waals surface area contributed by atoms with Gasteiger partial charge in [-0.3, -0.25) is 4.79 Å². The lowest BCUT2D eigenvalue weighted by Crippen LogP contribution is -2.19. The molecule has 0 aliphatic carbocycles. The number of nitrogens with one attached hydrogen (secondary N) is 1. The zero-order valence-electron chi connectivity index (χ0n) is 16.0. The first-order chi connectivity index (χ1) is 14.6. The molecule has 0 unspecified atom stereocenters. The lowest BCUT2D eigenvalue weighted by molar-refractivity contribution is -0.118. The summed E-state index contributed by atoms with van der Waals surface area (Å²) in [6, 6.07) is 16.8. The fourth-order valence-corrected chi connectivity index (χ4v) is 4.96. The maximum absolute atomic E-state index is 12.0. The average molecular weight is 459 g/mol. The summed E-state index contributed by atoms with van der Waals surface area (Å²) in [4.78, 5) is 23.3. The van der Waals surface area contributed by atoms with Crippen LogP contribution in [0.25, 0.3) is 0 Å². The van der Waals surface area contributed by atoms with E-state index in [2.05, 4.69) is 37.6 Å². The molecule has 3 rings (SSSR count). The van der Waals surface area contributed by atoms with Gasteiger partial charge in [-0.2, -0.15) is 5.10 Å². The third-order valence-corrected chi connectivity index (χ3v) is 6.92. The minimum atomic E-state index is -0.401. The number of rotatable bonds is 9. The molecule has 1 heterocycles. The number of ether oxygens (including phenoxy) is 1. The van der Waals surface area contributed by atoms with Crippen molar-refractivity contribution in [3.05, 3.63) is 71.3 Å². The number of hydrogen-bond donors (Lipinski definition) is 1. The molecule has 1 N–H and O–H groups in total. The minimum absolute atomic E-state index is 0.191. The third-order valence-electron chi connectivity index (χ3n) is 3.65. The Balaban J connectivity index is 1.40. The Morgan fingerprint density at radius 3 is 2.47 bits per heavy atom. The van der Waals surface area contributed by atoms with Crippen LogP contribution in [0.2, 0.25) is 0 Å². The summed E-state index contributed by atoms with van der Waals surface area (Å²) in [5, 5.41) is 12.2. The van der Waals surface area contributed by atoms with E-state index in [0.29, 0.717) is 5.56 Å². The number of benzene rings is 2. The minimum Gasteiger partial charge on any atom is -0.465 e. The van der Waals surface area contributed by atoms with E-state index < -0.39 is 5.97 Å². The average Bonchev–Trinajstić information content (AvgIpc) is 3.25. The number of aromatic nitrogens is 2. The predicted molar refractivity (Wildman–Crippen MR) is 120 cm³/mol. The Hall–Kier alpha value is -2.69. The van der Waals surface area contributed by atoms with Crippen molar-refractivity contribution in [2.75, 3.05) is 12.9 Å². The molecule has 7 nitrogen and oxygen atoms in total.